The van der Waals surface area contributed by atoms with E-state index < -0.39 is 11.9 Å². The average molecular weight is 364 g/mol. The summed E-state index contributed by atoms with van der Waals surface area (Å²) in [5.74, 6) is -1.63. The van der Waals surface area contributed by atoms with Crippen molar-refractivity contribution in [2.24, 2.45) is 0 Å². The van der Waals surface area contributed by atoms with Gasteiger partial charge in [0.25, 0.3) is 0 Å². The van der Waals surface area contributed by atoms with Crippen molar-refractivity contribution in [3.05, 3.63) is 66.9 Å². The number of hydrogen-bond acceptors (Lipinski definition) is 5. The van der Waals surface area contributed by atoms with Gasteiger partial charge in [-0.1, -0.05) is 35.6 Å². The van der Waals surface area contributed by atoms with E-state index in [0.717, 1.165) is 38.6 Å². The lowest BCUT2D eigenvalue weighted by Crippen LogP contribution is -2.04. The zero-order valence-electron chi connectivity index (χ0n) is 13.3. The van der Waals surface area contributed by atoms with E-state index in [0.29, 0.717) is 5.75 Å². The first-order valence-electron chi connectivity index (χ1n) is 7.70. The Kier molecular flexibility index (Phi) is 3.98. The predicted molar refractivity (Wildman–Crippen MR) is 98.4 cm³/mol. The van der Waals surface area contributed by atoms with E-state index in [1.807, 2.05) is 34.9 Å². The van der Waals surface area contributed by atoms with Crippen molar-refractivity contribution in [3.63, 3.8) is 0 Å². The Morgan fingerprint density at radius 1 is 1.12 bits per heavy atom. The number of aromatic nitrogens is 2. The first kappa shape index (κ1) is 16.0. The molecule has 0 saturated carbocycles. The highest BCUT2D eigenvalue weighted by Crippen LogP contribution is 2.30. The molecule has 0 radical (unpaired) electrons. The molecule has 0 amide bonds. The summed E-state index contributed by atoms with van der Waals surface area (Å²) in [6.07, 6.45) is 3.55. The molecule has 2 aromatic carbocycles. The second-order valence-electron chi connectivity index (χ2n) is 5.47. The Morgan fingerprint density at radius 3 is 2.81 bits per heavy atom. The van der Waals surface area contributed by atoms with E-state index in [2.05, 4.69) is 11.1 Å². The van der Waals surface area contributed by atoms with E-state index >= 15 is 0 Å². The maximum Gasteiger partial charge on any atom is 0.336 e. The van der Waals surface area contributed by atoms with Crippen molar-refractivity contribution in [1.29, 1.82) is 0 Å². The third kappa shape index (κ3) is 3.07. The number of imidazole rings is 1. The molecule has 2 aromatic heterocycles. The van der Waals surface area contributed by atoms with Crippen LogP contribution in [0.1, 0.15) is 0 Å². The number of carboxylic acids is 1. The SMILES string of the molecule is O=C(O)C=CC(=O)Oc1cccc(-c2cn3c(n2)sc2ccccc23)c1. The molecule has 0 saturated heterocycles. The lowest BCUT2D eigenvalue weighted by atomic mass is 10.1. The summed E-state index contributed by atoms with van der Waals surface area (Å²) < 4.78 is 8.32. The number of para-hydroxylation sites is 1. The molecule has 0 unspecified atom stereocenters. The molecular formula is C19H12N2O4S. The summed E-state index contributed by atoms with van der Waals surface area (Å²) >= 11 is 1.60. The van der Waals surface area contributed by atoms with Gasteiger partial charge in [0.05, 0.1) is 15.9 Å². The Morgan fingerprint density at radius 2 is 1.96 bits per heavy atom. The van der Waals surface area contributed by atoms with Crippen molar-refractivity contribution >= 4 is 38.5 Å². The van der Waals surface area contributed by atoms with E-state index in [9.17, 15) is 9.59 Å². The summed E-state index contributed by atoms with van der Waals surface area (Å²) in [5, 5.41) is 8.54. The van der Waals surface area contributed by atoms with Crippen LogP contribution in [0, 0.1) is 0 Å². The van der Waals surface area contributed by atoms with Gasteiger partial charge < -0.3 is 9.84 Å². The van der Waals surface area contributed by atoms with Gasteiger partial charge >= 0.3 is 11.9 Å². The molecule has 4 aromatic rings. The van der Waals surface area contributed by atoms with Crippen LogP contribution in [-0.4, -0.2) is 26.4 Å². The summed E-state index contributed by atoms with van der Waals surface area (Å²) in [4.78, 5) is 27.6. The smallest absolute Gasteiger partial charge is 0.336 e. The summed E-state index contributed by atoms with van der Waals surface area (Å²) in [5.41, 5.74) is 2.66. The van der Waals surface area contributed by atoms with Crippen molar-refractivity contribution in [1.82, 2.24) is 9.38 Å². The van der Waals surface area contributed by atoms with Crippen molar-refractivity contribution < 1.29 is 19.4 Å². The number of aliphatic carboxylic acids is 1. The van der Waals surface area contributed by atoms with Gasteiger partial charge in [0, 0.05) is 23.9 Å². The summed E-state index contributed by atoms with van der Waals surface area (Å²) in [7, 11) is 0. The zero-order valence-corrected chi connectivity index (χ0v) is 14.1. The molecule has 0 fully saturated rings. The van der Waals surface area contributed by atoms with E-state index in [4.69, 9.17) is 9.84 Å². The molecule has 6 nitrogen and oxygen atoms in total. The first-order chi connectivity index (χ1) is 12.6. The van der Waals surface area contributed by atoms with Gasteiger partial charge in [0.2, 0.25) is 0 Å². The predicted octanol–water partition coefficient (Wildman–Crippen LogP) is 3.76. The lowest BCUT2D eigenvalue weighted by Gasteiger charge is -2.03. The van der Waals surface area contributed by atoms with Gasteiger partial charge in [-0.2, -0.15) is 0 Å². The number of ether oxygens (including phenoxy) is 1. The maximum absolute atomic E-state index is 11.6. The molecule has 0 aliphatic rings. The van der Waals surface area contributed by atoms with E-state index in [-0.39, 0.29) is 0 Å². The maximum atomic E-state index is 11.6. The molecule has 1 N–H and O–H groups in total. The zero-order chi connectivity index (χ0) is 18.1. The lowest BCUT2D eigenvalue weighted by molar-refractivity contribution is -0.133. The summed E-state index contributed by atoms with van der Waals surface area (Å²) in [6, 6.07) is 15.0. The van der Waals surface area contributed by atoms with Crippen LogP contribution in [-0.2, 0) is 9.59 Å². The molecule has 4 rings (SSSR count). The molecule has 0 spiro atoms. The molecule has 128 valence electrons. The largest absolute Gasteiger partial charge is 0.478 e. The molecule has 0 bridgehead atoms. The van der Waals surface area contributed by atoms with Crippen LogP contribution in [0.3, 0.4) is 0 Å². The van der Waals surface area contributed by atoms with Gasteiger partial charge in [0.15, 0.2) is 4.96 Å². The minimum Gasteiger partial charge on any atom is -0.478 e. The second-order valence-corrected chi connectivity index (χ2v) is 6.48. The number of carbonyl (C=O) groups excluding carboxylic acids is 1. The Bertz CT molecular complexity index is 1170. The fraction of sp³-hybridized carbons (Fsp3) is 0. The number of rotatable bonds is 4. The molecule has 0 aliphatic carbocycles. The van der Waals surface area contributed by atoms with Crippen LogP contribution in [0.5, 0.6) is 5.75 Å². The minimum atomic E-state index is -1.21. The fourth-order valence-electron chi connectivity index (χ4n) is 2.60. The highest BCUT2D eigenvalue weighted by Gasteiger charge is 2.11. The van der Waals surface area contributed by atoms with Gasteiger partial charge in [-0.05, 0) is 24.3 Å². The van der Waals surface area contributed by atoms with Crippen molar-refractivity contribution in [2.45, 2.75) is 0 Å². The number of benzene rings is 2. The molecule has 7 heteroatoms. The normalized spacial score (nSPS) is 11.4. The molecule has 2 heterocycles. The van der Waals surface area contributed by atoms with E-state index in [1.54, 1.807) is 29.5 Å². The van der Waals surface area contributed by atoms with E-state index in [1.165, 1.54) is 0 Å². The molecular weight excluding hydrogens is 352 g/mol. The number of hydrogen-bond donors (Lipinski definition) is 1. The van der Waals surface area contributed by atoms with Crippen LogP contribution < -0.4 is 4.74 Å². The van der Waals surface area contributed by atoms with Crippen LogP contribution in [0.15, 0.2) is 66.9 Å². The number of carbonyl (C=O) groups is 2. The monoisotopic (exact) mass is 364 g/mol. The van der Waals surface area contributed by atoms with Crippen LogP contribution in [0.4, 0.5) is 0 Å². The Labute approximate surface area is 151 Å². The highest BCUT2D eigenvalue weighted by atomic mass is 32.1. The van der Waals surface area contributed by atoms with Crippen molar-refractivity contribution in [3.8, 4) is 17.0 Å². The number of nitrogens with zero attached hydrogens (tertiary/aromatic N) is 2. The number of thiazole rings is 1. The third-order valence-electron chi connectivity index (χ3n) is 3.71. The van der Waals surface area contributed by atoms with Gasteiger partial charge in [0.1, 0.15) is 5.75 Å². The Balaban J connectivity index is 1.65. The van der Waals surface area contributed by atoms with Gasteiger partial charge in [-0.15, -0.1) is 0 Å². The number of esters is 1. The third-order valence-corrected chi connectivity index (χ3v) is 4.75. The van der Waals surface area contributed by atoms with Crippen LogP contribution in [0.25, 0.3) is 26.4 Å². The quantitative estimate of drug-likeness (QED) is 0.339. The second kappa shape index (κ2) is 6.45. The molecule has 26 heavy (non-hydrogen) atoms. The fourth-order valence-corrected chi connectivity index (χ4v) is 3.60. The highest BCUT2D eigenvalue weighted by molar-refractivity contribution is 7.23. The Hall–Kier alpha value is -3.45. The first-order valence-corrected chi connectivity index (χ1v) is 8.52. The average Bonchev–Trinajstić information content (AvgIpc) is 3.18. The topological polar surface area (TPSA) is 80.9 Å². The number of fused-ring (bicyclic) bond motifs is 3. The minimum absolute atomic E-state index is 0.323. The molecule has 0 atom stereocenters. The van der Waals surface area contributed by atoms with Crippen LogP contribution in [0.2, 0.25) is 0 Å². The van der Waals surface area contributed by atoms with Crippen LogP contribution >= 0.6 is 11.3 Å². The molecule has 0 aliphatic heterocycles. The summed E-state index contributed by atoms with van der Waals surface area (Å²) in [6.45, 7) is 0. The van der Waals surface area contributed by atoms with Gasteiger partial charge in [-0.3, -0.25) is 4.40 Å². The number of carboxylic acid groups (broad SMARTS) is 1. The standard InChI is InChI=1S/C19H12N2O4S/c22-17(23)8-9-18(24)25-13-5-3-4-12(10-13)14-11-21-15-6-1-2-7-16(15)26-19(21)20-14/h1-11H,(H,22,23). The van der Waals surface area contributed by atoms with Crippen molar-refractivity contribution in [2.75, 3.05) is 0 Å². The van der Waals surface area contributed by atoms with Gasteiger partial charge in [-0.25, -0.2) is 14.6 Å².